The molecule has 1 aromatic heterocycles. The Kier molecular flexibility index (Phi) is 11.8. The average Bonchev–Trinajstić information content (AvgIpc) is 3.25. The Labute approximate surface area is 171 Å². The number of ether oxygens (including phenoxy) is 1. The van der Waals surface area contributed by atoms with Gasteiger partial charge in [0.2, 0.25) is 0 Å². The molecule has 1 aliphatic rings. The SMILES string of the molecule is CN=C(NCCCNC(=O)c1cccs1)NCCCOCC1CC1.I. The minimum absolute atomic E-state index is 0. The minimum atomic E-state index is -0.00120. The molecular formula is C17H29IN4O2S. The van der Waals surface area contributed by atoms with Crippen LogP contribution in [-0.4, -0.2) is 51.8 Å². The van der Waals surface area contributed by atoms with Crippen LogP contribution in [0.2, 0.25) is 0 Å². The molecule has 2 rings (SSSR count). The van der Waals surface area contributed by atoms with Crippen molar-refractivity contribution < 1.29 is 9.53 Å². The maximum atomic E-state index is 11.8. The number of rotatable bonds is 11. The van der Waals surface area contributed by atoms with Crippen molar-refractivity contribution in [1.82, 2.24) is 16.0 Å². The van der Waals surface area contributed by atoms with Crippen molar-refractivity contribution in [2.75, 3.05) is 39.9 Å². The van der Waals surface area contributed by atoms with Gasteiger partial charge in [-0.2, -0.15) is 0 Å². The van der Waals surface area contributed by atoms with Crippen molar-refractivity contribution in [3.63, 3.8) is 0 Å². The fraction of sp³-hybridized carbons (Fsp3) is 0.647. The summed E-state index contributed by atoms with van der Waals surface area (Å²) < 4.78 is 5.60. The first-order valence-corrected chi connectivity index (χ1v) is 9.51. The number of nitrogens with one attached hydrogen (secondary N) is 3. The molecular weight excluding hydrogens is 451 g/mol. The topological polar surface area (TPSA) is 74.8 Å². The van der Waals surface area contributed by atoms with Crippen LogP contribution in [0.15, 0.2) is 22.5 Å². The van der Waals surface area contributed by atoms with Gasteiger partial charge in [-0.05, 0) is 43.0 Å². The molecule has 0 radical (unpaired) electrons. The van der Waals surface area contributed by atoms with E-state index in [0.717, 1.165) is 55.9 Å². The number of hydrogen-bond acceptors (Lipinski definition) is 4. The molecule has 1 amide bonds. The van der Waals surface area contributed by atoms with Crippen LogP contribution in [0.5, 0.6) is 0 Å². The lowest BCUT2D eigenvalue weighted by atomic mass is 10.4. The third kappa shape index (κ3) is 10.0. The third-order valence-corrected chi connectivity index (χ3v) is 4.58. The van der Waals surface area contributed by atoms with Crippen LogP contribution in [0.25, 0.3) is 0 Å². The fourth-order valence-corrected chi connectivity index (χ4v) is 2.77. The Morgan fingerprint density at radius 3 is 2.60 bits per heavy atom. The molecule has 142 valence electrons. The summed E-state index contributed by atoms with van der Waals surface area (Å²) in [6, 6.07) is 3.71. The Morgan fingerprint density at radius 1 is 1.24 bits per heavy atom. The molecule has 1 heterocycles. The highest BCUT2D eigenvalue weighted by Gasteiger charge is 2.20. The molecule has 0 bridgehead atoms. The molecule has 1 saturated carbocycles. The number of guanidine groups is 1. The molecule has 0 aromatic carbocycles. The molecule has 0 aliphatic heterocycles. The number of carbonyl (C=O) groups is 1. The molecule has 0 spiro atoms. The minimum Gasteiger partial charge on any atom is -0.381 e. The molecule has 3 N–H and O–H groups in total. The quantitative estimate of drug-likeness (QED) is 0.197. The second-order valence-electron chi connectivity index (χ2n) is 5.88. The highest BCUT2D eigenvalue weighted by molar-refractivity contribution is 14.0. The second-order valence-corrected chi connectivity index (χ2v) is 6.83. The van der Waals surface area contributed by atoms with Crippen molar-refractivity contribution in [3.8, 4) is 0 Å². The molecule has 1 aromatic rings. The van der Waals surface area contributed by atoms with Gasteiger partial charge in [0, 0.05) is 39.9 Å². The summed E-state index contributed by atoms with van der Waals surface area (Å²) in [4.78, 5) is 16.7. The van der Waals surface area contributed by atoms with E-state index in [1.807, 2.05) is 17.5 Å². The van der Waals surface area contributed by atoms with E-state index in [9.17, 15) is 4.79 Å². The zero-order valence-electron chi connectivity index (χ0n) is 14.8. The molecule has 6 nitrogen and oxygen atoms in total. The first-order chi connectivity index (χ1) is 11.8. The van der Waals surface area contributed by atoms with Gasteiger partial charge in [0.05, 0.1) is 4.88 Å². The number of amides is 1. The maximum Gasteiger partial charge on any atom is 0.261 e. The molecule has 8 heteroatoms. The monoisotopic (exact) mass is 480 g/mol. The number of aliphatic imine (C=N–C) groups is 1. The lowest BCUT2D eigenvalue weighted by molar-refractivity contribution is 0.0957. The van der Waals surface area contributed by atoms with E-state index in [0.29, 0.717) is 6.54 Å². The highest BCUT2D eigenvalue weighted by Crippen LogP contribution is 2.28. The Bertz CT molecular complexity index is 507. The van der Waals surface area contributed by atoms with Crippen LogP contribution >= 0.6 is 35.3 Å². The van der Waals surface area contributed by atoms with Gasteiger partial charge >= 0.3 is 0 Å². The molecule has 1 aliphatic carbocycles. The summed E-state index contributed by atoms with van der Waals surface area (Å²) in [6.45, 7) is 3.98. The van der Waals surface area contributed by atoms with Crippen molar-refractivity contribution in [2.24, 2.45) is 10.9 Å². The normalized spacial score (nSPS) is 13.9. The summed E-state index contributed by atoms with van der Waals surface area (Å²) in [7, 11) is 1.76. The van der Waals surface area contributed by atoms with E-state index in [-0.39, 0.29) is 29.9 Å². The molecule has 1 fully saturated rings. The molecule has 0 saturated heterocycles. The van der Waals surface area contributed by atoms with E-state index < -0.39 is 0 Å². The van der Waals surface area contributed by atoms with E-state index in [1.165, 1.54) is 24.2 Å². The van der Waals surface area contributed by atoms with Crippen LogP contribution in [0.4, 0.5) is 0 Å². The van der Waals surface area contributed by atoms with Crippen LogP contribution < -0.4 is 16.0 Å². The number of thiophene rings is 1. The van der Waals surface area contributed by atoms with Gasteiger partial charge in [-0.25, -0.2) is 0 Å². The largest absolute Gasteiger partial charge is 0.381 e. The highest BCUT2D eigenvalue weighted by atomic mass is 127. The Hall–Kier alpha value is -0.870. The van der Waals surface area contributed by atoms with Crippen LogP contribution in [0.3, 0.4) is 0 Å². The number of carbonyl (C=O) groups excluding carboxylic acids is 1. The second kappa shape index (κ2) is 13.3. The predicted octanol–water partition coefficient (Wildman–Crippen LogP) is 2.47. The van der Waals surface area contributed by atoms with Crippen LogP contribution in [-0.2, 0) is 4.74 Å². The van der Waals surface area contributed by atoms with Crippen LogP contribution in [0.1, 0.15) is 35.4 Å². The molecule has 0 atom stereocenters. The van der Waals surface area contributed by atoms with Crippen molar-refractivity contribution in [1.29, 1.82) is 0 Å². The first kappa shape index (κ1) is 22.2. The zero-order chi connectivity index (χ0) is 17.0. The number of nitrogens with zero attached hydrogens (tertiary/aromatic N) is 1. The zero-order valence-corrected chi connectivity index (χ0v) is 17.9. The first-order valence-electron chi connectivity index (χ1n) is 8.63. The summed E-state index contributed by atoms with van der Waals surface area (Å²) >= 11 is 1.46. The summed E-state index contributed by atoms with van der Waals surface area (Å²) in [5.41, 5.74) is 0. The third-order valence-electron chi connectivity index (χ3n) is 3.71. The van der Waals surface area contributed by atoms with Crippen molar-refractivity contribution in [3.05, 3.63) is 22.4 Å². The molecule has 0 unspecified atom stereocenters. The van der Waals surface area contributed by atoms with Gasteiger partial charge < -0.3 is 20.7 Å². The Balaban J connectivity index is 0.00000312. The van der Waals surface area contributed by atoms with Crippen LogP contribution in [0, 0.1) is 5.92 Å². The van der Waals surface area contributed by atoms with E-state index >= 15 is 0 Å². The summed E-state index contributed by atoms with van der Waals surface area (Å²) in [5.74, 6) is 1.62. The Morgan fingerprint density at radius 2 is 1.96 bits per heavy atom. The average molecular weight is 480 g/mol. The molecule has 25 heavy (non-hydrogen) atoms. The van der Waals surface area contributed by atoms with Gasteiger partial charge in [-0.3, -0.25) is 9.79 Å². The van der Waals surface area contributed by atoms with Gasteiger partial charge in [-0.15, -0.1) is 35.3 Å². The van der Waals surface area contributed by atoms with Crippen molar-refractivity contribution >= 4 is 47.2 Å². The lowest BCUT2D eigenvalue weighted by Crippen LogP contribution is -2.39. The lowest BCUT2D eigenvalue weighted by Gasteiger charge is -2.12. The number of halogens is 1. The predicted molar refractivity (Wildman–Crippen MR) is 114 cm³/mol. The van der Waals surface area contributed by atoms with Gasteiger partial charge in [0.25, 0.3) is 5.91 Å². The van der Waals surface area contributed by atoms with E-state index in [4.69, 9.17) is 4.74 Å². The van der Waals surface area contributed by atoms with E-state index in [1.54, 1.807) is 7.05 Å². The number of hydrogen-bond donors (Lipinski definition) is 3. The standard InChI is InChI=1S/C17H28N4O2S.HI/c1-18-17(21-10-4-11-23-13-14-6-7-14)20-9-3-8-19-16(22)15-5-2-12-24-15;/h2,5,12,14H,3-4,6-11,13H2,1H3,(H,19,22)(H2,18,20,21);1H. The van der Waals surface area contributed by atoms with Crippen molar-refractivity contribution in [2.45, 2.75) is 25.7 Å². The summed E-state index contributed by atoms with van der Waals surface area (Å²) in [5, 5.41) is 11.3. The smallest absolute Gasteiger partial charge is 0.261 e. The fourth-order valence-electron chi connectivity index (χ4n) is 2.13. The van der Waals surface area contributed by atoms with Gasteiger partial charge in [0.15, 0.2) is 5.96 Å². The summed E-state index contributed by atoms with van der Waals surface area (Å²) in [6.07, 6.45) is 4.50. The van der Waals surface area contributed by atoms with Gasteiger partial charge in [0.1, 0.15) is 0 Å². The maximum absolute atomic E-state index is 11.8. The van der Waals surface area contributed by atoms with E-state index in [2.05, 4.69) is 20.9 Å². The van der Waals surface area contributed by atoms with Gasteiger partial charge in [-0.1, -0.05) is 6.07 Å².